The highest BCUT2D eigenvalue weighted by atomic mass is 35.5. The smallest absolute Gasteiger partial charge is 0.276 e. The van der Waals surface area contributed by atoms with Crippen molar-refractivity contribution in [3.8, 4) is 0 Å². The van der Waals surface area contributed by atoms with Crippen molar-refractivity contribution in [2.24, 2.45) is 0 Å². The van der Waals surface area contributed by atoms with E-state index < -0.39 is 5.82 Å². The number of aromatic nitrogens is 2. The van der Waals surface area contributed by atoms with Gasteiger partial charge in [0.15, 0.2) is 5.69 Å². The second kappa shape index (κ2) is 6.68. The van der Waals surface area contributed by atoms with Gasteiger partial charge >= 0.3 is 0 Å². The van der Waals surface area contributed by atoms with Crippen LogP contribution in [0.5, 0.6) is 0 Å². The summed E-state index contributed by atoms with van der Waals surface area (Å²) in [6.07, 6.45) is 3.56. The molecule has 1 aliphatic rings. The first kappa shape index (κ1) is 16.0. The predicted octanol–water partition coefficient (Wildman–Crippen LogP) is 3.59. The van der Waals surface area contributed by atoms with Crippen LogP contribution >= 0.6 is 11.6 Å². The van der Waals surface area contributed by atoms with Crippen LogP contribution in [0.15, 0.2) is 24.4 Å². The van der Waals surface area contributed by atoms with Gasteiger partial charge < -0.3 is 10.1 Å². The number of ether oxygens (including phenoxy) is 1. The average molecular weight is 338 g/mol. The largest absolute Gasteiger partial charge is 0.381 e. The van der Waals surface area contributed by atoms with Gasteiger partial charge in [0.2, 0.25) is 0 Å². The lowest BCUT2D eigenvalue weighted by atomic mass is 10.1. The Kier molecular flexibility index (Phi) is 4.63. The Morgan fingerprint density at radius 2 is 2.17 bits per heavy atom. The van der Waals surface area contributed by atoms with E-state index in [0.29, 0.717) is 30.2 Å². The number of carbonyl (C=O) groups excluding carboxylic acids is 1. The Labute approximate surface area is 138 Å². The van der Waals surface area contributed by atoms with Crippen molar-refractivity contribution in [1.82, 2.24) is 9.78 Å². The highest BCUT2D eigenvalue weighted by Gasteiger charge is 2.19. The van der Waals surface area contributed by atoms with Crippen LogP contribution in [0.1, 0.15) is 34.9 Å². The number of amides is 1. The fraction of sp³-hybridized carbons (Fsp3) is 0.375. The summed E-state index contributed by atoms with van der Waals surface area (Å²) in [6, 6.07) is 4.61. The second-order valence-electron chi connectivity index (χ2n) is 5.56. The molecule has 1 fully saturated rings. The topological polar surface area (TPSA) is 56.2 Å². The van der Waals surface area contributed by atoms with E-state index in [1.807, 2.05) is 0 Å². The molecule has 1 aromatic heterocycles. The van der Waals surface area contributed by atoms with Crippen LogP contribution in [0, 0.1) is 12.7 Å². The fourth-order valence-corrected chi connectivity index (χ4v) is 2.75. The van der Waals surface area contributed by atoms with Gasteiger partial charge in [-0.15, -0.1) is 0 Å². The molecule has 23 heavy (non-hydrogen) atoms. The Balaban J connectivity index is 1.74. The zero-order chi connectivity index (χ0) is 16.4. The number of nitrogens with one attached hydrogen (secondary N) is 1. The van der Waals surface area contributed by atoms with Gasteiger partial charge in [0.1, 0.15) is 5.82 Å². The average Bonchev–Trinajstić information content (AvgIpc) is 3.03. The normalized spacial score (nSPS) is 15.6. The molecule has 122 valence electrons. The van der Waals surface area contributed by atoms with Crippen LogP contribution in [0.4, 0.5) is 10.1 Å². The number of benzene rings is 1. The first-order valence-electron chi connectivity index (χ1n) is 7.44. The Morgan fingerprint density at radius 1 is 1.43 bits per heavy atom. The summed E-state index contributed by atoms with van der Waals surface area (Å²) >= 11 is 5.97. The summed E-state index contributed by atoms with van der Waals surface area (Å²) in [5, 5.41) is 7.16. The quantitative estimate of drug-likeness (QED) is 0.931. The van der Waals surface area contributed by atoms with E-state index in [2.05, 4.69) is 10.4 Å². The molecular formula is C16H17ClFN3O2. The van der Waals surface area contributed by atoms with Crippen LogP contribution < -0.4 is 5.32 Å². The Morgan fingerprint density at radius 3 is 2.91 bits per heavy atom. The van der Waals surface area contributed by atoms with Crippen LogP contribution in [-0.2, 0) is 4.74 Å². The van der Waals surface area contributed by atoms with Crippen LogP contribution in [0.2, 0.25) is 5.02 Å². The molecule has 0 spiro atoms. The SMILES string of the molecule is Cc1cc(NC(=O)c2ccn(C3CCOCC3)n2)c(Cl)cc1F. The molecule has 0 aliphatic carbocycles. The summed E-state index contributed by atoms with van der Waals surface area (Å²) in [4.78, 5) is 12.3. The van der Waals surface area contributed by atoms with Crippen molar-refractivity contribution in [2.75, 3.05) is 18.5 Å². The molecule has 1 saturated heterocycles. The van der Waals surface area contributed by atoms with E-state index in [-0.39, 0.29) is 17.0 Å². The third-order valence-electron chi connectivity index (χ3n) is 3.90. The van der Waals surface area contributed by atoms with Gasteiger partial charge in [0.25, 0.3) is 5.91 Å². The molecule has 2 aromatic rings. The van der Waals surface area contributed by atoms with E-state index >= 15 is 0 Å². The van der Waals surface area contributed by atoms with Gasteiger partial charge in [-0.05, 0) is 43.5 Å². The van der Waals surface area contributed by atoms with Crippen molar-refractivity contribution < 1.29 is 13.9 Å². The lowest BCUT2D eigenvalue weighted by Gasteiger charge is -2.22. The number of carbonyl (C=O) groups is 1. The molecule has 1 aromatic carbocycles. The van der Waals surface area contributed by atoms with Gasteiger partial charge in [-0.1, -0.05) is 11.6 Å². The standard InChI is InChI=1S/C16H17ClFN3O2/c1-10-8-15(12(17)9-13(10)18)19-16(22)14-2-5-21(20-14)11-3-6-23-7-4-11/h2,5,8-9,11H,3-4,6-7H2,1H3,(H,19,22). The van der Waals surface area contributed by atoms with Crippen LogP contribution in [0.3, 0.4) is 0 Å². The third kappa shape index (κ3) is 3.54. The summed E-state index contributed by atoms with van der Waals surface area (Å²) in [7, 11) is 0. The first-order valence-corrected chi connectivity index (χ1v) is 7.82. The summed E-state index contributed by atoms with van der Waals surface area (Å²) < 4.78 is 20.5. The molecule has 0 radical (unpaired) electrons. The maximum atomic E-state index is 13.4. The molecule has 0 unspecified atom stereocenters. The summed E-state index contributed by atoms with van der Waals surface area (Å²) in [5.41, 5.74) is 1.09. The van der Waals surface area contributed by atoms with E-state index in [4.69, 9.17) is 16.3 Å². The maximum absolute atomic E-state index is 13.4. The number of aryl methyl sites for hydroxylation is 1. The van der Waals surface area contributed by atoms with Gasteiger partial charge in [-0.3, -0.25) is 9.48 Å². The van der Waals surface area contributed by atoms with Crippen molar-refractivity contribution >= 4 is 23.2 Å². The molecule has 0 atom stereocenters. The van der Waals surface area contributed by atoms with Gasteiger partial charge in [0, 0.05) is 19.4 Å². The van der Waals surface area contributed by atoms with Crippen molar-refractivity contribution in [2.45, 2.75) is 25.8 Å². The number of anilines is 1. The highest BCUT2D eigenvalue weighted by Crippen LogP contribution is 2.26. The minimum absolute atomic E-state index is 0.158. The predicted molar refractivity (Wildman–Crippen MR) is 85.4 cm³/mol. The van der Waals surface area contributed by atoms with Gasteiger partial charge in [-0.2, -0.15) is 5.10 Å². The Hall–Kier alpha value is -1.92. The minimum atomic E-state index is -0.406. The zero-order valence-corrected chi connectivity index (χ0v) is 13.4. The van der Waals surface area contributed by atoms with Crippen molar-refractivity contribution in [3.05, 3.63) is 46.5 Å². The maximum Gasteiger partial charge on any atom is 0.276 e. The molecule has 0 saturated carbocycles. The molecule has 7 heteroatoms. The molecule has 1 amide bonds. The summed E-state index contributed by atoms with van der Waals surface area (Å²) in [5.74, 6) is -0.777. The monoisotopic (exact) mass is 337 g/mol. The number of rotatable bonds is 3. The van der Waals surface area contributed by atoms with Gasteiger partial charge in [-0.25, -0.2) is 4.39 Å². The van der Waals surface area contributed by atoms with Crippen LogP contribution in [0.25, 0.3) is 0 Å². The van der Waals surface area contributed by atoms with Crippen molar-refractivity contribution in [3.63, 3.8) is 0 Å². The zero-order valence-electron chi connectivity index (χ0n) is 12.7. The molecule has 1 N–H and O–H groups in total. The Bertz CT molecular complexity index is 726. The van der Waals surface area contributed by atoms with Gasteiger partial charge in [0.05, 0.1) is 16.8 Å². The van der Waals surface area contributed by atoms with E-state index in [1.54, 1.807) is 23.9 Å². The van der Waals surface area contributed by atoms with E-state index in [0.717, 1.165) is 12.8 Å². The fourth-order valence-electron chi connectivity index (χ4n) is 2.55. The van der Waals surface area contributed by atoms with Crippen LogP contribution in [-0.4, -0.2) is 28.9 Å². The molecule has 2 heterocycles. The second-order valence-corrected chi connectivity index (χ2v) is 5.97. The molecule has 5 nitrogen and oxygen atoms in total. The molecule has 0 bridgehead atoms. The summed E-state index contributed by atoms with van der Waals surface area (Å²) in [6.45, 7) is 3.02. The minimum Gasteiger partial charge on any atom is -0.381 e. The number of halogens is 2. The first-order chi connectivity index (χ1) is 11.0. The van der Waals surface area contributed by atoms with E-state index in [9.17, 15) is 9.18 Å². The molecule has 1 aliphatic heterocycles. The third-order valence-corrected chi connectivity index (χ3v) is 4.22. The van der Waals surface area contributed by atoms with E-state index in [1.165, 1.54) is 12.1 Å². The highest BCUT2D eigenvalue weighted by molar-refractivity contribution is 6.33. The lowest BCUT2D eigenvalue weighted by molar-refractivity contribution is 0.0661. The molecular weight excluding hydrogens is 321 g/mol. The number of nitrogens with zero attached hydrogens (tertiary/aromatic N) is 2. The van der Waals surface area contributed by atoms with Crippen molar-refractivity contribution in [1.29, 1.82) is 0 Å². The number of hydrogen-bond donors (Lipinski definition) is 1. The number of hydrogen-bond acceptors (Lipinski definition) is 3. The molecule has 3 rings (SSSR count). The lowest BCUT2D eigenvalue weighted by Crippen LogP contribution is -2.21.